The zero-order valence-corrected chi connectivity index (χ0v) is 12.0. The summed E-state index contributed by atoms with van der Waals surface area (Å²) in [6.07, 6.45) is 0.617. The van der Waals surface area contributed by atoms with Crippen LogP contribution in [0.5, 0.6) is 0 Å². The summed E-state index contributed by atoms with van der Waals surface area (Å²) < 4.78 is 12.9. The number of hydrogen-bond acceptors (Lipinski definition) is 4. The SMILES string of the molecule is CN(C[C@@H](O)c1ccc(F)cc1)c1ncc(C#N)cc1Cl. The fraction of sp³-hybridized carbons (Fsp3) is 0.200. The first-order chi connectivity index (χ1) is 10.0. The highest BCUT2D eigenvalue weighted by atomic mass is 35.5. The molecule has 1 aromatic carbocycles. The van der Waals surface area contributed by atoms with Gasteiger partial charge in [0.2, 0.25) is 0 Å². The first-order valence-corrected chi connectivity index (χ1v) is 6.59. The van der Waals surface area contributed by atoms with Crippen molar-refractivity contribution in [1.82, 2.24) is 4.98 Å². The lowest BCUT2D eigenvalue weighted by molar-refractivity contribution is 0.184. The molecule has 0 saturated carbocycles. The van der Waals surface area contributed by atoms with Gasteiger partial charge in [-0.3, -0.25) is 0 Å². The van der Waals surface area contributed by atoms with Crippen LogP contribution in [0.4, 0.5) is 10.2 Å². The molecule has 0 spiro atoms. The van der Waals surface area contributed by atoms with Crippen molar-refractivity contribution >= 4 is 17.4 Å². The molecule has 0 bridgehead atoms. The van der Waals surface area contributed by atoms with E-state index >= 15 is 0 Å². The van der Waals surface area contributed by atoms with Gasteiger partial charge in [0.05, 0.1) is 16.7 Å². The normalized spacial score (nSPS) is 11.8. The van der Waals surface area contributed by atoms with Crippen LogP contribution in [0.2, 0.25) is 5.02 Å². The Balaban J connectivity index is 2.12. The second-order valence-electron chi connectivity index (χ2n) is 4.59. The molecule has 0 aliphatic carbocycles. The average Bonchev–Trinajstić information content (AvgIpc) is 2.47. The number of anilines is 1. The van der Waals surface area contributed by atoms with Crippen molar-refractivity contribution in [2.45, 2.75) is 6.10 Å². The lowest BCUT2D eigenvalue weighted by Crippen LogP contribution is -2.25. The predicted octanol–water partition coefficient (Wildman–Crippen LogP) is 2.92. The van der Waals surface area contributed by atoms with Crippen molar-refractivity contribution in [2.75, 3.05) is 18.5 Å². The van der Waals surface area contributed by atoms with Crippen LogP contribution in [0.15, 0.2) is 36.5 Å². The molecule has 108 valence electrons. The minimum absolute atomic E-state index is 0.240. The van der Waals surface area contributed by atoms with Crippen molar-refractivity contribution in [1.29, 1.82) is 5.26 Å². The van der Waals surface area contributed by atoms with E-state index < -0.39 is 6.10 Å². The van der Waals surface area contributed by atoms with E-state index in [0.29, 0.717) is 22.0 Å². The average molecular weight is 306 g/mol. The van der Waals surface area contributed by atoms with Gasteiger partial charge in [0, 0.05) is 19.8 Å². The summed E-state index contributed by atoms with van der Waals surface area (Å²) in [6.45, 7) is 0.240. The van der Waals surface area contributed by atoms with Crippen molar-refractivity contribution in [3.63, 3.8) is 0 Å². The molecule has 2 rings (SSSR count). The third-order valence-corrected chi connectivity index (χ3v) is 3.29. The van der Waals surface area contributed by atoms with Gasteiger partial charge < -0.3 is 10.0 Å². The van der Waals surface area contributed by atoms with Gasteiger partial charge >= 0.3 is 0 Å². The number of hydrogen-bond donors (Lipinski definition) is 1. The Morgan fingerprint density at radius 3 is 2.67 bits per heavy atom. The van der Waals surface area contributed by atoms with Gasteiger partial charge in [-0.25, -0.2) is 9.37 Å². The Hall–Kier alpha value is -2.16. The van der Waals surface area contributed by atoms with Crippen LogP contribution in [0.25, 0.3) is 0 Å². The molecule has 2 aromatic rings. The fourth-order valence-corrected chi connectivity index (χ4v) is 2.22. The number of rotatable bonds is 4. The monoisotopic (exact) mass is 305 g/mol. The van der Waals surface area contributed by atoms with Crippen LogP contribution in [-0.2, 0) is 0 Å². The summed E-state index contributed by atoms with van der Waals surface area (Å²) in [7, 11) is 1.73. The lowest BCUT2D eigenvalue weighted by atomic mass is 10.1. The summed E-state index contributed by atoms with van der Waals surface area (Å²) in [5.74, 6) is 0.118. The van der Waals surface area contributed by atoms with Gasteiger partial charge in [-0.1, -0.05) is 23.7 Å². The third-order valence-electron chi connectivity index (χ3n) is 3.01. The molecular weight excluding hydrogens is 293 g/mol. The van der Waals surface area contributed by atoms with Crippen molar-refractivity contribution < 1.29 is 9.50 Å². The number of benzene rings is 1. The third kappa shape index (κ3) is 3.69. The number of likely N-dealkylation sites (N-methyl/N-ethyl adjacent to an activating group) is 1. The van der Waals surface area contributed by atoms with E-state index in [1.165, 1.54) is 36.5 Å². The minimum Gasteiger partial charge on any atom is -0.387 e. The van der Waals surface area contributed by atoms with Gasteiger partial charge in [0.1, 0.15) is 17.7 Å². The number of aromatic nitrogens is 1. The number of nitrogens with zero attached hydrogens (tertiary/aromatic N) is 3. The second-order valence-corrected chi connectivity index (χ2v) is 5.00. The second kappa shape index (κ2) is 6.53. The summed E-state index contributed by atoms with van der Waals surface area (Å²) in [6, 6.07) is 9.13. The van der Waals surface area contributed by atoms with Crippen molar-refractivity contribution in [3.05, 3.63) is 58.5 Å². The van der Waals surface area contributed by atoms with Gasteiger partial charge in [-0.2, -0.15) is 5.26 Å². The van der Waals surface area contributed by atoms with Gasteiger partial charge in [-0.05, 0) is 23.8 Å². The lowest BCUT2D eigenvalue weighted by Gasteiger charge is -2.22. The highest BCUT2D eigenvalue weighted by molar-refractivity contribution is 6.33. The largest absolute Gasteiger partial charge is 0.387 e. The van der Waals surface area contributed by atoms with Crippen LogP contribution in [0, 0.1) is 17.1 Å². The first kappa shape index (κ1) is 15.2. The first-order valence-electron chi connectivity index (χ1n) is 6.21. The van der Waals surface area contributed by atoms with Gasteiger partial charge in [0.15, 0.2) is 0 Å². The van der Waals surface area contributed by atoms with Crippen molar-refractivity contribution in [3.8, 4) is 6.07 Å². The maximum atomic E-state index is 12.9. The molecule has 0 aliphatic rings. The number of pyridine rings is 1. The number of aliphatic hydroxyl groups excluding tert-OH is 1. The molecule has 6 heteroatoms. The molecule has 0 aliphatic heterocycles. The standard InChI is InChI=1S/C15H13ClFN3O/c1-20(15-13(16)6-10(7-18)8-19-15)9-14(21)11-2-4-12(17)5-3-11/h2-6,8,14,21H,9H2,1H3/t14-/m1/s1. The number of nitriles is 1. The van der Waals surface area contributed by atoms with E-state index in [2.05, 4.69) is 4.98 Å². The predicted molar refractivity (Wildman–Crippen MR) is 78.6 cm³/mol. The molecule has 21 heavy (non-hydrogen) atoms. The van der Waals surface area contributed by atoms with Gasteiger partial charge in [-0.15, -0.1) is 0 Å². The summed E-state index contributed by atoms with van der Waals surface area (Å²) in [4.78, 5) is 5.79. The summed E-state index contributed by atoms with van der Waals surface area (Å²) in [5.41, 5.74) is 0.976. The zero-order valence-electron chi connectivity index (χ0n) is 11.3. The Labute approximate surface area is 127 Å². The molecule has 4 nitrogen and oxygen atoms in total. The summed E-state index contributed by atoms with van der Waals surface area (Å²) >= 11 is 6.07. The molecule has 0 fully saturated rings. The molecule has 0 amide bonds. The number of halogens is 2. The van der Waals surface area contributed by atoms with Crippen LogP contribution in [0.3, 0.4) is 0 Å². The zero-order chi connectivity index (χ0) is 15.4. The topological polar surface area (TPSA) is 60.1 Å². The van der Waals surface area contributed by atoms with Crippen LogP contribution in [-0.4, -0.2) is 23.7 Å². The Morgan fingerprint density at radius 2 is 2.10 bits per heavy atom. The smallest absolute Gasteiger partial charge is 0.147 e. The quantitative estimate of drug-likeness (QED) is 0.943. The van der Waals surface area contributed by atoms with E-state index in [4.69, 9.17) is 16.9 Å². The van der Waals surface area contributed by atoms with Gasteiger partial charge in [0.25, 0.3) is 0 Å². The minimum atomic E-state index is -0.802. The molecular formula is C15H13ClFN3O. The van der Waals surface area contributed by atoms with E-state index in [-0.39, 0.29) is 12.4 Å². The Morgan fingerprint density at radius 1 is 1.43 bits per heavy atom. The van der Waals surface area contributed by atoms with Crippen molar-refractivity contribution in [2.24, 2.45) is 0 Å². The highest BCUT2D eigenvalue weighted by Gasteiger charge is 2.14. The fourth-order valence-electron chi connectivity index (χ4n) is 1.91. The van der Waals surface area contributed by atoms with E-state index in [9.17, 15) is 9.50 Å². The molecule has 1 aromatic heterocycles. The molecule has 1 N–H and O–H groups in total. The highest BCUT2D eigenvalue weighted by Crippen LogP contribution is 2.25. The van der Waals surface area contributed by atoms with E-state index in [1.807, 2.05) is 6.07 Å². The Bertz CT molecular complexity index is 670. The van der Waals surface area contributed by atoms with E-state index in [1.54, 1.807) is 11.9 Å². The number of aliphatic hydroxyl groups is 1. The molecule has 0 unspecified atom stereocenters. The molecule has 0 saturated heterocycles. The molecule has 1 atom stereocenters. The van der Waals surface area contributed by atoms with Crippen LogP contribution < -0.4 is 4.90 Å². The molecule has 0 radical (unpaired) electrons. The van der Waals surface area contributed by atoms with Crippen LogP contribution >= 0.6 is 11.6 Å². The maximum absolute atomic E-state index is 12.9. The molecule has 1 heterocycles. The van der Waals surface area contributed by atoms with E-state index in [0.717, 1.165) is 0 Å². The van der Waals surface area contributed by atoms with Crippen LogP contribution in [0.1, 0.15) is 17.2 Å². The summed E-state index contributed by atoms with van der Waals surface area (Å²) in [5, 5.41) is 19.3. The Kier molecular flexibility index (Phi) is 4.73. The maximum Gasteiger partial charge on any atom is 0.147 e.